The summed E-state index contributed by atoms with van der Waals surface area (Å²) in [6, 6.07) is 4.80. The largest absolute Gasteiger partial charge is 0.507 e. The van der Waals surface area contributed by atoms with Gasteiger partial charge in [0.15, 0.2) is 0 Å². The Morgan fingerprint density at radius 3 is 2.56 bits per heavy atom. The molecule has 0 saturated carbocycles. The summed E-state index contributed by atoms with van der Waals surface area (Å²) < 4.78 is 4.50. The zero-order valence-corrected chi connectivity index (χ0v) is 8.78. The second kappa shape index (κ2) is 2.89. The third-order valence-electron chi connectivity index (χ3n) is 2.85. The van der Waals surface area contributed by atoms with Crippen molar-refractivity contribution in [2.24, 2.45) is 0 Å². The van der Waals surface area contributed by atoms with Gasteiger partial charge in [-0.3, -0.25) is 4.79 Å². The Balaban J connectivity index is 2.15. The summed E-state index contributed by atoms with van der Waals surface area (Å²) in [4.78, 5) is 20.4. The monoisotopic (exact) mass is 240 g/mol. The third kappa shape index (κ3) is 0.956. The van der Waals surface area contributed by atoms with Gasteiger partial charge in [0.05, 0.1) is 5.56 Å². The quantitative estimate of drug-likeness (QED) is 0.487. The molecule has 7 heteroatoms. The first-order chi connectivity index (χ1) is 8.75. The molecule has 0 aliphatic heterocycles. The van der Waals surface area contributed by atoms with Crippen molar-refractivity contribution in [1.82, 2.24) is 20.3 Å². The van der Waals surface area contributed by atoms with Crippen LogP contribution in [0, 0.1) is 0 Å². The lowest BCUT2D eigenvalue weighted by atomic mass is 10.1. The fourth-order valence-corrected chi connectivity index (χ4v) is 2.08. The number of aromatic hydroxyl groups is 1. The van der Waals surface area contributed by atoms with Crippen LogP contribution in [-0.2, 0) is 0 Å². The molecule has 0 saturated heterocycles. The summed E-state index contributed by atoms with van der Waals surface area (Å²) in [5, 5.41) is 16.9. The maximum absolute atomic E-state index is 12.1. The molecular weight excluding hydrogens is 236 g/mol. The lowest BCUT2D eigenvalue weighted by Crippen LogP contribution is -2.00. The van der Waals surface area contributed by atoms with Gasteiger partial charge in [-0.05, 0) is 16.4 Å². The van der Waals surface area contributed by atoms with E-state index in [1.165, 1.54) is 6.07 Å². The highest BCUT2D eigenvalue weighted by Gasteiger charge is 2.33. The van der Waals surface area contributed by atoms with E-state index in [0.717, 1.165) is 0 Å². The average molecular weight is 240 g/mol. The first-order valence-electron chi connectivity index (χ1n) is 5.13. The molecule has 0 amide bonds. The Bertz CT molecular complexity index is 824. The highest BCUT2D eigenvalue weighted by atomic mass is 16.6. The number of hydrogen-bond acceptors (Lipinski definition) is 7. The van der Waals surface area contributed by atoms with E-state index in [1.807, 2.05) is 0 Å². The second-order valence-corrected chi connectivity index (χ2v) is 3.86. The van der Waals surface area contributed by atoms with E-state index in [4.69, 9.17) is 0 Å². The Labute approximate surface area is 99.1 Å². The molecule has 2 heterocycles. The van der Waals surface area contributed by atoms with Crippen molar-refractivity contribution in [1.29, 1.82) is 0 Å². The molecule has 1 N–H and O–H groups in total. The SMILES string of the molecule is O=C1c2nc3nonc3nc2-c2cccc(O)c21. The molecule has 7 nitrogen and oxygen atoms in total. The molecule has 0 atom stereocenters. The van der Waals surface area contributed by atoms with Gasteiger partial charge in [-0.1, -0.05) is 12.1 Å². The van der Waals surface area contributed by atoms with E-state index in [2.05, 4.69) is 24.9 Å². The Morgan fingerprint density at radius 2 is 1.78 bits per heavy atom. The van der Waals surface area contributed by atoms with Crippen LogP contribution < -0.4 is 0 Å². The molecule has 0 bridgehead atoms. The molecule has 1 aliphatic carbocycles. The molecule has 0 spiro atoms. The number of benzene rings is 1. The maximum atomic E-state index is 12.1. The van der Waals surface area contributed by atoms with E-state index in [9.17, 15) is 9.90 Å². The van der Waals surface area contributed by atoms with Crippen molar-refractivity contribution in [3.8, 4) is 17.0 Å². The van der Waals surface area contributed by atoms with Crippen LogP contribution in [0.1, 0.15) is 16.1 Å². The van der Waals surface area contributed by atoms with E-state index in [1.54, 1.807) is 12.1 Å². The molecule has 1 aliphatic rings. The normalized spacial score (nSPS) is 12.8. The van der Waals surface area contributed by atoms with E-state index in [0.29, 0.717) is 11.3 Å². The van der Waals surface area contributed by atoms with Gasteiger partial charge in [0, 0.05) is 5.56 Å². The topological polar surface area (TPSA) is 102 Å². The Kier molecular flexibility index (Phi) is 1.48. The van der Waals surface area contributed by atoms with Crippen molar-refractivity contribution in [2.45, 2.75) is 0 Å². The Hall–Kier alpha value is -2.83. The van der Waals surface area contributed by atoms with Gasteiger partial charge in [-0.15, -0.1) is 0 Å². The van der Waals surface area contributed by atoms with Crippen LogP contribution in [0.3, 0.4) is 0 Å². The molecule has 0 fully saturated rings. The zero-order chi connectivity index (χ0) is 12.3. The summed E-state index contributed by atoms with van der Waals surface area (Å²) in [5.41, 5.74) is 1.74. The van der Waals surface area contributed by atoms with Gasteiger partial charge in [-0.25, -0.2) is 14.6 Å². The summed E-state index contributed by atoms with van der Waals surface area (Å²) in [6.45, 7) is 0. The second-order valence-electron chi connectivity index (χ2n) is 3.86. The number of phenols is 1. The van der Waals surface area contributed by atoms with Crippen LogP contribution in [0.2, 0.25) is 0 Å². The number of aromatic nitrogens is 4. The van der Waals surface area contributed by atoms with Gasteiger partial charge in [0.25, 0.3) is 0 Å². The molecule has 4 rings (SSSR count). The van der Waals surface area contributed by atoms with Gasteiger partial charge in [0.2, 0.25) is 17.1 Å². The fourth-order valence-electron chi connectivity index (χ4n) is 2.08. The van der Waals surface area contributed by atoms with Crippen LogP contribution in [0.25, 0.3) is 22.6 Å². The van der Waals surface area contributed by atoms with Crippen LogP contribution >= 0.6 is 0 Å². The predicted octanol–water partition coefficient (Wildman–Crippen LogP) is 0.930. The average Bonchev–Trinajstić information content (AvgIpc) is 2.92. The first kappa shape index (κ1) is 9.23. The Morgan fingerprint density at radius 1 is 1.06 bits per heavy atom. The number of carbonyl (C=O) groups is 1. The molecular formula is C11H4N4O3. The lowest BCUT2D eigenvalue weighted by molar-refractivity contribution is 0.103. The summed E-state index contributed by atoms with van der Waals surface area (Å²) >= 11 is 0. The van der Waals surface area contributed by atoms with Crippen molar-refractivity contribution in [3.05, 3.63) is 29.5 Å². The van der Waals surface area contributed by atoms with E-state index < -0.39 is 0 Å². The number of nitrogens with zero attached hydrogens (tertiary/aromatic N) is 4. The number of carbonyl (C=O) groups excluding carboxylic acids is 1. The molecule has 18 heavy (non-hydrogen) atoms. The summed E-state index contributed by atoms with van der Waals surface area (Å²) in [5.74, 6) is -0.446. The molecule has 1 aromatic carbocycles. The highest BCUT2D eigenvalue weighted by molar-refractivity contribution is 6.21. The summed E-state index contributed by atoms with van der Waals surface area (Å²) in [6.07, 6.45) is 0. The van der Waals surface area contributed by atoms with E-state index >= 15 is 0 Å². The molecule has 86 valence electrons. The standard InChI is InChI=1S/C11H4N4O3/c16-5-3-1-2-4-6(5)9(17)8-7(4)12-10-11(13-8)15-18-14-10/h1-3,16H. The van der Waals surface area contributed by atoms with Gasteiger partial charge in [-0.2, -0.15) is 0 Å². The maximum Gasteiger partial charge on any atom is 0.244 e. The van der Waals surface area contributed by atoms with Crippen LogP contribution in [0.15, 0.2) is 22.8 Å². The minimum Gasteiger partial charge on any atom is -0.507 e. The van der Waals surface area contributed by atoms with Crippen LogP contribution in [0.5, 0.6) is 5.75 Å². The van der Waals surface area contributed by atoms with Crippen LogP contribution in [-0.4, -0.2) is 31.2 Å². The lowest BCUT2D eigenvalue weighted by Gasteiger charge is -1.98. The van der Waals surface area contributed by atoms with E-state index in [-0.39, 0.29) is 34.1 Å². The zero-order valence-electron chi connectivity index (χ0n) is 8.78. The molecule has 0 unspecified atom stereocenters. The van der Waals surface area contributed by atoms with Gasteiger partial charge >= 0.3 is 0 Å². The molecule has 2 aromatic heterocycles. The van der Waals surface area contributed by atoms with Gasteiger partial charge in [0.1, 0.15) is 17.1 Å². The number of phenolic OH excluding ortho intramolecular Hbond substituents is 1. The molecule has 0 radical (unpaired) electrons. The summed E-state index contributed by atoms with van der Waals surface area (Å²) in [7, 11) is 0. The number of hydrogen-bond donors (Lipinski definition) is 1. The number of ketones is 1. The van der Waals surface area contributed by atoms with Crippen molar-refractivity contribution in [3.63, 3.8) is 0 Å². The highest BCUT2D eigenvalue weighted by Crippen LogP contribution is 2.38. The minimum absolute atomic E-state index is 0.0809. The van der Waals surface area contributed by atoms with Crippen molar-refractivity contribution in [2.75, 3.05) is 0 Å². The minimum atomic E-state index is -0.365. The van der Waals surface area contributed by atoms with Gasteiger partial charge < -0.3 is 5.11 Å². The number of fused-ring (bicyclic) bond motifs is 4. The fraction of sp³-hybridized carbons (Fsp3) is 0. The first-order valence-corrected chi connectivity index (χ1v) is 5.13. The number of rotatable bonds is 0. The molecule has 3 aromatic rings. The smallest absolute Gasteiger partial charge is 0.244 e. The van der Waals surface area contributed by atoms with Crippen LogP contribution in [0.4, 0.5) is 0 Å². The predicted molar refractivity (Wildman–Crippen MR) is 57.9 cm³/mol. The third-order valence-corrected chi connectivity index (χ3v) is 2.85. The van der Waals surface area contributed by atoms with Crippen molar-refractivity contribution < 1.29 is 14.5 Å². The van der Waals surface area contributed by atoms with Crippen molar-refractivity contribution >= 4 is 17.1 Å².